The summed E-state index contributed by atoms with van der Waals surface area (Å²) in [5.41, 5.74) is 2.00. The first-order chi connectivity index (χ1) is 12.7. The topological polar surface area (TPSA) is 70.4 Å². The van der Waals surface area contributed by atoms with Gasteiger partial charge in [0.25, 0.3) is 0 Å². The lowest BCUT2D eigenvalue weighted by Crippen LogP contribution is -2.56. The molecule has 1 aromatic carbocycles. The first kappa shape index (κ1) is 17.5. The van der Waals surface area contributed by atoms with E-state index in [0.717, 1.165) is 43.4 Å². The van der Waals surface area contributed by atoms with Crippen LogP contribution in [0.25, 0.3) is 11.0 Å². The number of benzene rings is 1. The molecule has 0 unspecified atom stereocenters. The Hall–Kier alpha value is -1.92. The first-order valence-electron chi connectivity index (χ1n) is 9.84. The van der Waals surface area contributed by atoms with Crippen molar-refractivity contribution in [2.75, 3.05) is 13.1 Å². The van der Waals surface area contributed by atoms with Crippen LogP contribution in [-0.2, 0) is 11.3 Å². The van der Waals surface area contributed by atoms with E-state index < -0.39 is 6.10 Å². The number of imidazole rings is 1. The predicted molar refractivity (Wildman–Crippen MR) is 101 cm³/mol. The van der Waals surface area contributed by atoms with Gasteiger partial charge in [-0.15, -0.1) is 0 Å². The normalized spacial score (nSPS) is 27.0. The molecule has 2 aliphatic rings. The van der Waals surface area contributed by atoms with E-state index in [9.17, 15) is 9.90 Å². The molecular formula is C20H28N4O2. The molecule has 1 aliphatic heterocycles. The fourth-order valence-electron chi connectivity index (χ4n) is 4.48. The standard InChI is InChI=1S/C20H28N4O2/c25-19(10-13-24-14-21-15-6-1-2-8-17(15)24)22-16-7-5-9-18(20(16)26)23-11-3-4-12-23/h1-2,6,8,14,16,18,20,26H,3-5,7,9-13H2,(H,22,25)/t16-,18-,20-/m1/s1. The highest BCUT2D eigenvalue weighted by atomic mass is 16.3. The maximum absolute atomic E-state index is 12.4. The Bertz CT molecular complexity index is 753. The number of aliphatic hydroxyl groups excluding tert-OH is 1. The minimum Gasteiger partial charge on any atom is -0.389 e. The van der Waals surface area contributed by atoms with Gasteiger partial charge in [0, 0.05) is 19.0 Å². The van der Waals surface area contributed by atoms with E-state index in [0.29, 0.717) is 13.0 Å². The number of fused-ring (bicyclic) bond motifs is 1. The van der Waals surface area contributed by atoms with Crippen LogP contribution in [0.3, 0.4) is 0 Å². The second kappa shape index (κ2) is 7.76. The van der Waals surface area contributed by atoms with Crippen LogP contribution in [0.15, 0.2) is 30.6 Å². The van der Waals surface area contributed by atoms with Crippen molar-refractivity contribution < 1.29 is 9.90 Å². The van der Waals surface area contributed by atoms with Gasteiger partial charge in [-0.1, -0.05) is 12.1 Å². The van der Waals surface area contributed by atoms with Gasteiger partial charge < -0.3 is 15.0 Å². The van der Waals surface area contributed by atoms with Crippen molar-refractivity contribution in [3.8, 4) is 0 Å². The average molecular weight is 356 g/mol. The van der Waals surface area contributed by atoms with Crippen LogP contribution >= 0.6 is 0 Å². The van der Waals surface area contributed by atoms with E-state index in [-0.39, 0.29) is 18.0 Å². The smallest absolute Gasteiger partial charge is 0.222 e. The zero-order valence-electron chi connectivity index (χ0n) is 15.2. The number of nitrogens with one attached hydrogen (secondary N) is 1. The van der Waals surface area contributed by atoms with Crippen molar-refractivity contribution in [2.45, 2.75) is 63.3 Å². The van der Waals surface area contributed by atoms with Gasteiger partial charge in [-0.25, -0.2) is 4.98 Å². The van der Waals surface area contributed by atoms with Crippen molar-refractivity contribution >= 4 is 16.9 Å². The number of para-hydroxylation sites is 2. The number of nitrogens with zero attached hydrogens (tertiary/aromatic N) is 3. The summed E-state index contributed by atoms with van der Waals surface area (Å²) in [6, 6.07) is 8.02. The van der Waals surface area contributed by atoms with Gasteiger partial charge in [0.15, 0.2) is 0 Å². The van der Waals surface area contributed by atoms with Gasteiger partial charge in [-0.05, 0) is 57.3 Å². The Kier molecular flexibility index (Phi) is 5.22. The summed E-state index contributed by atoms with van der Waals surface area (Å²) in [5.74, 6) is 0.00824. The van der Waals surface area contributed by atoms with Crippen LogP contribution in [-0.4, -0.2) is 56.7 Å². The number of hydrogen-bond donors (Lipinski definition) is 2. The number of carbonyl (C=O) groups is 1. The molecule has 0 spiro atoms. The summed E-state index contributed by atoms with van der Waals surface area (Å²) in [6.45, 7) is 2.76. The highest BCUT2D eigenvalue weighted by Gasteiger charge is 2.36. The van der Waals surface area contributed by atoms with Crippen molar-refractivity contribution in [3.63, 3.8) is 0 Å². The molecule has 26 heavy (non-hydrogen) atoms. The quantitative estimate of drug-likeness (QED) is 0.859. The predicted octanol–water partition coefficient (Wildman–Crippen LogP) is 1.92. The minimum atomic E-state index is -0.458. The van der Waals surface area contributed by atoms with Crippen molar-refractivity contribution in [1.29, 1.82) is 0 Å². The molecule has 1 aliphatic carbocycles. The van der Waals surface area contributed by atoms with Gasteiger partial charge in [-0.2, -0.15) is 0 Å². The molecule has 2 fully saturated rings. The number of rotatable bonds is 5. The molecule has 0 radical (unpaired) electrons. The van der Waals surface area contributed by atoms with Crippen molar-refractivity contribution in [1.82, 2.24) is 19.8 Å². The number of hydrogen-bond acceptors (Lipinski definition) is 4. The van der Waals surface area contributed by atoms with E-state index in [2.05, 4.69) is 15.2 Å². The fraction of sp³-hybridized carbons (Fsp3) is 0.600. The van der Waals surface area contributed by atoms with Crippen LogP contribution in [0.2, 0.25) is 0 Å². The number of amides is 1. The summed E-state index contributed by atoms with van der Waals surface area (Å²) in [7, 11) is 0. The second-order valence-corrected chi connectivity index (χ2v) is 7.58. The Morgan fingerprint density at radius 1 is 1.19 bits per heavy atom. The van der Waals surface area contributed by atoms with Crippen LogP contribution in [0.1, 0.15) is 38.5 Å². The highest BCUT2D eigenvalue weighted by molar-refractivity contribution is 5.77. The monoisotopic (exact) mass is 356 g/mol. The zero-order chi connectivity index (χ0) is 17.9. The number of aliphatic hydroxyl groups is 1. The Morgan fingerprint density at radius 2 is 2.00 bits per heavy atom. The molecule has 1 saturated heterocycles. The molecule has 2 N–H and O–H groups in total. The molecule has 1 aromatic heterocycles. The van der Waals surface area contributed by atoms with Gasteiger partial charge in [0.2, 0.25) is 5.91 Å². The van der Waals surface area contributed by atoms with Crippen LogP contribution in [0, 0.1) is 0 Å². The molecule has 3 atom stereocenters. The number of likely N-dealkylation sites (tertiary alicyclic amines) is 1. The molecule has 0 bridgehead atoms. The average Bonchev–Trinajstić information content (AvgIpc) is 3.31. The van der Waals surface area contributed by atoms with Crippen LogP contribution < -0.4 is 5.32 Å². The molecular weight excluding hydrogens is 328 g/mol. The second-order valence-electron chi connectivity index (χ2n) is 7.58. The minimum absolute atomic E-state index is 0.00824. The van der Waals surface area contributed by atoms with Crippen LogP contribution in [0.4, 0.5) is 0 Å². The van der Waals surface area contributed by atoms with Crippen molar-refractivity contribution in [2.24, 2.45) is 0 Å². The lowest BCUT2D eigenvalue weighted by Gasteiger charge is -2.40. The number of carbonyl (C=O) groups excluding carboxylic acids is 1. The van der Waals surface area contributed by atoms with Crippen LogP contribution in [0.5, 0.6) is 0 Å². The van der Waals surface area contributed by atoms with E-state index >= 15 is 0 Å². The molecule has 6 nitrogen and oxygen atoms in total. The Morgan fingerprint density at radius 3 is 2.85 bits per heavy atom. The maximum Gasteiger partial charge on any atom is 0.222 e. The van der Waals surface area contributed by atoms with E-state index in [1.165, 1.54) is 12.8 Å². The SMILES string of the molecule is O=C(CCn1cnc2ccccc21)N[C@@H]1CCC[C@@H](N2CCCC2)[C@@H]1O. The molecule has 140 valence electrons. The third-order valence-electron chi connectivity index (χ3n) is 5.88. The Balaban J connectivity index is 1.32. The zero-order valence-corrected chi connectivity index (χ0v) is 15.2. The molecule has 2 aromatic rings. The molecule has 6 heteroatoms. The summed E-state index contributed by atoms with van der Waals surface area (Å²) in [6.07, 6.45) is 7.14. The first-order valence-corrected chi connectivity index (χ1v) is 9.84. The molecule has 1 amide bonds. The largest absolute Gasteiger partial charge is 0.389 e. The number of aromatic nitrogens is 2. The molecule has 2 heterocycles. The van der Waals surface area contributed by atoms with E-state index in [4.69, 9.17) is 0 Å². The molecule has 4 rings (SSSR count). The van der Waals surface area contributed by atoms with Crippen molar-refractivity contribution in [3.05, 3.63) is 30.6 Å². The van der Waals surface area contributed by atoms with Gasteiger partial charge in [0.05, 0.1) is 29.5 Å². The van der Waals surface area contributed by atoms with Gasteiger partial charge in [-0.3, -0.25) is 9.69 Å². The highest BCUT2D eigenvalue weighted by Crippen LogP contribution is 2.26. The van der Waals surface area contributed by atoms with Gasteiger partial charge >= 0.3 is 0 Å². The van der Waals surface area contributed by atoms with E-state index in [1.54, 1.807) is 6.33 Å². The molecule has 1 saturated carbocycles. The Labute approximate surface area is 154 Å². The summed E-state index contributed by atoms with van der Waals surface area (Å²) >= 11 is 0. The maximum atomic E-state index is 12.4. The third-order valence-corrected chi connectivity index (χ3v) is 5.88. The fourth-order valence-corrected chi connectivity index (χ4v) is 4.48. The summed E-state index contributed by atoms with van der Waals surface area (Å²) < 4.78 is 2.01. The summed E-state index contributed by atoms with van der Waals surface area (Å²) in [5, 5.41) is 13.8. The lowest BCUT2D eigenvalue weighted by atomic mass is 9.87. The van der Waals surface area contributed by atoms with Gasteiger partial charge in [0.1, 0.15) is 0 Å². The lowest BCUT2D eigenvalue weighted by molar-refractivity contribution is -0.123. The van der Waals surface area contributed by atoms with E-state index in [1.807, 2.05) is 28.8 Å². The number of aryl methyl sites for hydroxylation is 1. The summed E-state index contributed by atoms with van der Waals surface area (Å²) in [4.78, 5) is 19.2. The third kappa shape index (κ3) is 3.62.